The van der Waals surface area contributed by atoms with Gasteiger partial charge in [0.05, 0.1) is 0 Å². The lowest BCUT2D eigenvalue weighted by atomic mass is 10.2. The van der Waals surface area contributed by atoms with Crippen LogP contribution in [-0.2, 0) is 13.9 Å². The summed E-state index contributed by atoms with van der Waals surface area (Å²) < 4.78 is 13.1. The molecule has 0 aliphatic carbocycles. The van der Waals surface area contributed by atoms with E-state index < -0.39 is 13.8 Å². The number of phosphoric ester groups is 1. The van der Waals surface area contributed by atoms with Crippen LogP contribution in [0, 0.1) is 0 Å². The molecule has 0 fully saturated rings. The highest BCUT2D eigenvalue weighted by Crippen LogP contribution is 2.33. The molecule has 13 heavy (non-hydrogen) atoms. The van der Waals surface area contributed by atoms with E-state index in [-0.39, 0.29) is 5.57 Å². The Labute approximate surface area is 76.1 Å². The summed E-state index contributed by atoms with van der Waals surface area (Å²) in [5.41, 5.74) is 0.264. The van der Waals surface area contributed by atoms with E-state index in [1.54, 1.807) is 6.92 Å². The van der Waals surface area contributed by atoms with Gasteiger partial charge in [0.15, 0.2) is 0 Å². The Morgan fingerprint density at radius 2 is 1.85 bits per heavy atom. The molecule has 7 heteroatoms. The van der Waals surface area contributed by atoms with Crippen molar-refractivity contribution in [1.82, 2.24) is 0 Å². The minimum absolute atomic E-state index is 0.264. The smallest absolute Gasteiger partial charge is 0.469 e. The normalized spacial score (nSPS) is 9.85. The van der Waals surface area contributed by atoms with Crippen LogP contribution >= 0.6 is 7.82 Å². The zero-order valence-electron chi connectivity index (χ0n) is 7.43. The molecule has 0 aliphatic heterocycles. The molecular formula is C6H13O6P. The molecule has 0 bridgehead atoms. The number of rotatable bonds is 3. The van der Waals surface area contributed by atoms with Crippen LogP contribution in [0.15, 0.2) is 12.2 Å². The molecule has 0 saturated heterocycles. The van der Waals surface area contributed by atoms with E-state index in [0.717, 1.165) is 7.11 Å². The number of carboxylic acids is 1. The molecule has 0 amide bonds. The lowest BCUT2D eigenvalue weighted by Crippen LogP contribution is -1.95. The molecule has 78 valence electrons. The molecule has 0 radical (unpaired) electrons. The molecule has 0 atom stereocenters. The van der Waals surface area contributed by atoms with Crippen molar-refractivity contribution < 1.29 is 28.8 Å². The average Bonchev–Trinajstić information content (AvgIpc) is 2.02. The quantitative estimate of drug-likeness (QED) is 0.471. The molecule has 0 aromatic heterocycles. The molecule has 3 N–H and O–H groups in total. The van der Waals surface area contributed by atoms with Gasteiger partial charge in [0, 0.05) is 12.7 Å². The Morgan fingerprint density at radius 1 is 1.54 bits per heavy atom. The van der Waals surface area contributed by atoms with Crippen LogP contribution in [0.4, 0.5) is 0 Å². The summed E-state index contributed by atoms with van der Waals surface area (Å²) in [6, 6.07) is 0. The third kappa shape index (κ3) is 14.2. The molecular weight excluding hydrogens is 199 g/mol. The van der Waals surface area contributed by atoms with E-state index in [9.17, 15) is 9.36 Å². The van der Waals surface area contributed by atoms with Gasteiger partial charge in [0.1, 0.15) is 0 Å². The number of phosphoric acid groups is 1. The van der Waals surface area contributed by atoms with E-state index in [4.69, 9.17) is 14.9 Å². The number of aliphatic carboxylic acids is 1. The standard InChI is InChI=1S/C5H8O2.CH5O4P/c1-3-4(2)5(6)7;1-5-6(2,3)4/h2-3H2,1H3,(H,6,7);1H3,(H2,2,3,4). The Kier molecular flexibility index (Phi) is 7.75. The maximum Gasteiger partial charge on any atom is 0.469 e. The van der Waals surface area contributed by atoms with Gasteiger partial charge in [-0.05, 0) is 6.42 Å². The van der Waals surface area contributed by atoms with Gasteiger partial charge in [-0.15, -0.1) is 0 Å². The average molecular weight is 212 g/mol. The van der Waals surface area contributed by atoms with E-state index in [1.807, 2.05) is 0 Å². The monoisotopic (exact) mass is 212 g/mol. The van der Waals surface area contributed by atoms with Crippen molar-refractivity contribution in [2.45, 2.75) is 13.3 Å². The molecule has 0 heterocycles. The Balaban J connectivity index is 0. The largest absolute Gasteiger partial charge is 0.478 e. The number of carbonyl (C=O) groups is 1. The van der Waals surface area contributed by atoms with Gasteiger partial charge in [-0.2, -0.15) is 0 Å². The van der Waals surface area contributed by atoms with E-state index >= 15 is 0 Å². The zero-order chi connectivity index (χ0) is 11.1. The SMILES string of the molecule is C=C(CC)C(=O)O.COP(=O)(O)O. The fourth-order valence-electron chi connectivity index (χ4n) is 0.151. The Hall–Kier alpha value is -0.680. The predicted molar refractivity (Wildman–Crippen MR) is 46.1 cm³/mol. The van der Waals surface area contributed by atoms with Crippen LogP contribution in [0.2, 0.25) is 0 Å². The maximum atomic E-state index is 9.83. The second-order valence-electron chi connectivity index (χ2n) is 1.94. The van der Waals surface area contributed by atoms with Crippen LogP contribution in [0.1, 0.15) is 13.3 Å². The van der Waals surface area contributed by atoms with E-state index in [2.05, 4.69) is 11.1 Å². The summed E-state index contributed by atoms with van der Waals surface area (Å²) in [5.74, 6) is -0.900. The van der Waals surface area contributed by atoms with Crippen LogP contribution in [-0.4, -0.2) is 28.0 Å². The lowest BCUT2D eigenvalue weighted by molar-refractivity contribution is -0.132. The van der Waals surface area contributed by atoms with Gasteiger partial charge in [0.2, 0.25) is 0 Å². The predicted octanol–water partition coefficient (Wildman–Crippen LogP) is 0.763. The molecule has 6 nitrogen and oxygen atoms in total. The summed E-state index contributed by atoms with van der Waals surface area (Å²) in [7, 11) is -3.20. The third-order valence-corrected chi connectivity index (χ3v) is 1.44. The Morgan fingerprint density at radius 3 is 1.85 bits per heavy atom. The first-order valence-corrected chi connectivity index (χ1v) is 4.80. The van der Waals surface area contributed by atoms with Crippen molar-refractivity contribution in [1.29, 1.82) is 0 Å². The fourth-order valence-corrected chi connectivity index (χ4v) is 0.151. The molecule has 0 unspecified atom stereocenters. The molecule has 0 aromatic carbocycles. The topological polar surface area (TPSA) is 104 Å². The minimum atomic E-state index is -4.15. The summed E-state index contributed by atoms with van der Waals surface area (Å²) in [6.45, 7) is 5.03. The van der Waals surface area contributed by atoms with E-state index in [1.165, 1.54) is 0 Å². The third-order valence-electron chi connectivity index (χ3n) is 0.967. The Bertz CT molecular complexity index is 217. The maximum absolute atomic E-state index is 9.83. The number of hydrogen-bond acceptors (Lipinski definition) is 3. The van der Waals surface area contributed by atoms with Gasteiger partial charge in [-0.25, -0.2) is 9.36 Å². The highest BCUT2D eigenvalue weighted by molar-refractivity contribution is 7.46. The van der Waals surface area contributed by atoms with Crippen LogP contribution in [0.3, 0.4) is 0 Å². The highest BCUT2D eigenvalue weighted by Gasteiger charge is 2.07. The molecule has 0 spiro atoms. The first kappa shape index (κ1) is 14.8. The van der Waals surface area contributed by atoms with Crippen molar-refractivity contribution in [2.75, 3.05) is 7.11 Å². The zero-order valence-corrected chi connectivity index (χ0v) is 8.32. The lowest BCUT2D eigenvalue weighted by Gasteiger charge is -1.93. The van der Waals surface area contributed by atoms with Gasteiger partial charge in [0.25, 0.3) is 0 Å². The van der Waals surface area contributed by atoms with Gasteiger partial charge < -0.3 is 14.9 Å². The van der Waals surface area contributed by atoms with Crippen LogP contribution < -0.4 is 0 Å². The molecule has 0 aliphatic rings. The fraction of sp³-hybridized carbons (Fsp3) is 0.500. The first-order valence-electron chi connectivity index (χ1n) is 3.27. The molecule has 0 saturated carbocycles. The second kappa shape index (κ2) is 6.80. The number of carboxylic acid groups (broad SMARTS) is 1. The van der Waals surface area contributed by atoms with Crippen LogP contribution in [0.25, 0.3) is 0 Å². The summed E-state index contributed by atoms with van der Waals surface area (Å²) in [6.07, 6.45) is 0.523. The highest BCUT2D eigenvalue weighted by atomic mass is 31.2. The summed E-state index contributed by atoms with van der Waals surface area (Å²) in [5, 5.41) is 8.08. The summed E-state index contributed by atoms with van der Waals surface area (Å²) >= 11 is 0. The van der Waals surface area contributed by atoms with Crippen molar-refractivity contribution >= 4 is 13.8 Å². The minimum Gasteiger partial charge on any atom is -0.478 e. The summed E-state index contributed by atoms with van der Waals surface area (Å²) in [4.78, 5) is 25.3. The van der Waals surface area contributed by atoms with Gasteiger partial charge >= 0.3 is 13.8 Å². The van der Waals surface area contributed by atoms with E-state index in [0.29, 0.717) is 6.42 Å². The molecule has 0 rings (SSSR count). The van der Waals surface area contributed by atoms with Crippen molar-refractivity contribution in [2.24, 2.45) is 0 Å². The van der Waals surface area contributed by atoms with Crippen molar-refractivity contribution in [3.63, 3.8) is 0 Å². The second-order valence-corrected chi connectivity index (χ2v) is 3.28. The number of hydrogen-bond donors (Lipinski definition) is 3. The van der Waals surface area contributed by atoms with Gasteiger partial charge in [-0.3, -0.25) is 4.52 Å². The van der Waals surface area contributed by atoms with Crippen molar-refractivity contribution in [3.05, 3.63) is 12.2 Å². The van der Waals surface area contributed by atoms with Crippen molar-refractivity contribution in [3.8, 4) is 0 Å². The van der Waals surface area contributed by atoms with Gasteiger partial charge in [-0.1, -0.05) is 13.5 Å². The van der Waals surface area contributed by atoms with Crippen LogP contribution in [0.5, 0.6) is 0 Å². The molecule has 0 aromatic rings. The first-order chi connectivity index (χ1) is 5.74.